The molecule has 1 unspecified atom stereocenters. The molecule has 0 spiro atoms. The van der Waals surface area contributed by atoms with E-state index in [0.717, 1.165) is 5.56 Å². The maximum Gasteiger partial charge on any atom is 0.264 e. The number of nitrogens with zero attached hydrogens (tertiary/aromatic N) is 4. The Hall–Kier alpha value is -3.78. The molecule has 0 fully saturated rings. The molecule has 0 saturated heterocycles. The third-order valence-electron chi connectivity index (χ3n) is 6.02. The Bertz CT molecular complexity index is 1320. The number of nitrogens with two attached hydrogens (primary N) is 1. The molecule has 0 bridgehead atoms. The number of hydrogen-bond donors (Lipinski definition) is 1. The van der Waals surface area contributed by atoms with E-state index < -0.39 is 0 Å². The number of carbonyl (C=O) groups excluding carboxylic acids is 1. The van der Waals surface area contributed by atoms with Crippen LogP contribution in [0.4, 0.5) is 0 Å². The quantitative estimate of drug-likeness (QED) is 0.409. The highest BCUT2D eigenvalue weighted by molar-refractivity contribution is 5.94. The van der Waals surface area contributed by atoms with Crippen LogP contribution in [0.5, 0.6) is 0 Å². The minimum Gasteiger partial charge on any atom is -0.356 e. The van der Waals surface area contributed by atoms with Crippen LogP contribution in [-0.4, -0.2) is 38.6 Å². The maximum atomic E-state index is 13.7. The number of fused-ring (bicyclic) bond motifs is 1. The average molecular weight is 460 g/mol. The van der Waals surface area contributed by atoms with Crippen molar-refractivity contribution in [3.8, 4) is 0 Å². The third-order valence-corrected chi connectivity index (χ3v) is 6.02. The van der Waals surface area contributed by atoms with Gasteiger partial charge in [-0.1, -0.05) is 42.4 Å². The van der Waals surface area contributed by atoms with E-state index in [1.807, 2.05) is 43.3 Å². The van der Waals surface area contributed by atoms with Gasteiger partial charge in [0, 0.05) is 36.3 Å². The van der Waals surface area contributed by atoms with Gasteiger partial charge in [0.2, 0.25) is 0 Å². The van der Waals surface area contributed by atoms with Crippen molar-refractivity contribution in [2.24, 2.45) is 5.73 Å². The zero-order valence-corrected chi connectivity index (χ0v) is 19.5. The second kappa shape index (κ2) is 10.4. The fourth-order valence-electron chi connectivity index (χ4n) is 4.33. The van der Waals surface area contributed by atoms with Gasteiger partial charge in [-0.05, 0) is 44.0 Å². The smallest absolute Gasteiger partial charge is 0.264 e. The van der Waals surface area contributed by atoms with Crippen molar-refractivity contribution in [3.05, 3.63) is 93.8 Å². The van der Waals surface area contributed by atoms with Crippen molar-refractivity contribution < 1.29 is 9.32 Å². The van der Waals surface area contributed by atoms with E-state index >= 15 is 0 Å². The van der Waals surface area contributed by atoms with Crippen LogP contribution in [0.25, 0.3) is 11.0 Å². The lowest BCUT2D eigenvalue weighted by Crippen LogP contribution is -2.39. The van der Waals surface area contributed by atoms with Crippen molar-refractivity contribution >= 4 is 16.9 Å². The molecule has 0 aliphatic carbocycles. The molecule has 4 rings (SSSR count). The van der Waals surface area contributed by atoms with Crippen molar-refractivity contribution in [3.63, 3.8) is 0 Å². The molecule has 3 heterocycles. The largest absolute Gasteiger partial charge is 0.356 e. The average Bonchev–Trinajstić information content (AvgIpc) is 3.25. The van der Waals surface area contributed by atoms with Crippen molar-refractivity contribution in [1.82, 2.24) is 19.6 Å². The highest BCUT2D eigenvalue weighted by Gasteiger charge is 2.29. The molecule has 3 aromatic heterocycles. The first-order valence-electron chi connectivity index (χ1n) is 11.5. The number of amides is 1. The third kappa shape index (κ3) is 4.63. The number of pyridine rings is 2. The van der Waals surface area contributed by atoms with Crippen LogP contribution in [0, 0.1) is 6.92 Å². The standard InChI is InChI=1S/C26H29N5O3/c1-3-21(30(15-7-12-27)25(32)20-10-13-28-14-11-20)22-16-23-24(18(2)29-34-23)26(33)31(22)17-19-8-5-4-6-9-19/h4-6,8-11,13-14,16,21H,3,7,12,15,17,27H2,1-2H3. The van der Waals surface area contributed by atoms with Gasteiger partial charge in [0.1, 0.15) is 5.39 Å². The number of hydrogen-bond acceptors (Lipinski definition) is 6. The van der Waals surface area contributed by atoms with Gasteiger partial charge in [-0.2, -0.15) is 0 Å². The molecule has 0 radical (unpaired) electrons. The summed E-state index contributed by atoms with van der Waals surface area (Å²) in [6.07, 6.45) is 4.45. The van der Waals surface area contributed by atoms with Crippen LogP contribution in [0.1, 0.15) is 53.1 Å². The highest BCUT2D eigenvalue weighted by atomic mass is 16.5. The molecule has 0 aliphatic heterocycles. The van der Waals surface area contributed by atoms with Gasteiger partial charge in [-0.25, -0.2) is 0 Å². The van der Waals surface area contributed by atoms with Gasteiger partial charge >= 0.3 is 0 Å². The Morgan fingerprint density at radius 3 is 2.59 bits per heavy atom. The lowest BCUT2D eigenvalue weighted by atomic mass is 10.0. The van der Waals surface area contributed by atoms with Gasteiger partial charge in [0.05, 0.1) is 18.3 Å². The zero-order valence-electron chi connectivity index (χ0n) is 19.5. The summed E-state index contributed by atoms with van der Waals surface area (Å²) in [7, 11) is 0. The Kier molecular flexibility index (Phi) is 7.18. The van der Waals surface area contributed by atoms with Crippen LogP contribution >= 0.6 is 0 Å². The van der Waals surface area contributed by atoms with E-state index in [1.54, 1.807) is 40.9 Å². The van der Waals surface area contributed by atoms with Crippen LogP contribution < -0.4 is 11.3 Å². The molecule has 8 heteroatoms. The van der Waals surface area contributed by atoms with Gasteiger partial charge in [0.15, 0.2) is 5.58 Å². The molecule has 0 aliphatic rings. The summed E-state index contributed by atoms with van der Waals surface area (Å²) in [4.78, 5) is 33.1. The molecule has 1 amide bonds. The number of aromatic nitrogens is 3. The van der Waals surface area contributed by atoms with Crippen LogP contribution in [0.2, 0.25) is 0 Å². The summed E-state index contributed by atoms with van der Waals surface area (Å²) >= 11 is 0. The first-order valence-corrected chi connectivity index (χ1v) is 11.5. The topological polar surface area (TPSA) is 107 Å². The number of carbonyl (C=O) groups is 1. The van der Waals surface area contributed by atoms with E-state index in [-0.39, 0.29) is 17.5 Å². The predicted octanol–water partition coefficient (Wildman–Crippen LogP) is 3.68. The molecule has 8 nitrogen and oxygen atoms in total. The summed E-state index contributed by atoms with van der Waals surface area (Å²) in [5.41, 5.74) is 8.84. The first-order chi connectivity index (χ1) is 16.5. The predicted molar refractivity (Wildman–Crippen MR) is 131 cm³/mol. The van der Waals surface area contributed by atoms with Crippen LogP contribution in [0.3, 0.4) is 0 Å². The van der Waals surface area contributed by atoms with Crippen molar-refractivity contribution in [1.29, 1.82) is 0 Å². The summed E-state index contributed by atoms with van der Waals surface area (Å²) < 4.78 is 7.22. The van der Waals surface area contributed by atoms with E-state index in [2.05, 4.69) is 10.1 Å². The van der Waals surface area contributed by atoms with Gasteiger partial charge in [-0.15, -0.1) is 0 Å². The Morgan fingerprint density at radius 2 is 1.91 bits per heavy atom. The molecular weight excluding hydrogens is 430 g/mol. The molecular formula is C26H29N5O3. The number of benzene rings is 1. The van der Waals surface area contributed by atoms with Crippen LogP contribution in [-0.2, 0) is 6.54 Å². The van der Waals surface area contributed by atoms with E-state index in [9.17, 15) is 9.59 Å². The minimum absolute atomic E-state index is 0.129. The Labute approximate surface area is 198 Å². The molecule has 1 aromatic carbocycles. The molecule has 0 saturated carbocycles. The molecule has 2 N–H and O–H groups in total. The summed E-state index contributed by atoms with van der Waals surface area (Å²) in [5, 5.41) is 4.48. The van der Waals surface area contributed by atoms with Gasteiger partial charge in [-0.3, -0.25) is 14.6 Å². The second-order valence-corrected chi connectivity index (χ2v) is 8.25. The monoisotopic (exact) mass is 459 g/mol. The number of rotatable bonds is 9. The van der Waals surface area contributed by atoms with Crippen LogP contribution in [0.15, 0.2) is 70.2 Å². The van der Waals surface area contributed by atoms with Gasteiger partial charge in [0.25, 0.3) is 11.5 Å². The maximum absolute atomic E-state index is 13.7. The highest BCUT2D eigenvalue weighted by Crippen LogP contribution is 2.29. The summed E-state index contributed by atoms with van der Waals surface area (Å²) in [6.45, 7) is 5.06. The second-order valence-electron chi connectivity index (χ2n) is 8.25. The van der Waals surface area contributed by atoms with E-state index in [4.69, 9.17) is 10.3 Å². The molecule has 34 heavy (non-hydrogen) atoms. The first kappa shape index (κ1) is 23.4. The SMILES string of the molecule is CCC(c1cc2onc(C)c2c(=O)n1Cc1ccccc1)N(CCCN)C(=O)c1ccncc1. The summed E-state index contributed by atoms with van der Waals surface area (Å²) in [6, 6.07) is 14.7. The Balaban J connectivity index is 1.87. The molecule has 176 valence electrons. The number of aryl methyl sites for hydroxylation is 1. The van der Waals surface area contributed by atoms with Gasteiger partial charge < -0.3 is 19.7 Å². The molecule has 4 aromatic rings. The fraction of sp³-hybridized carbons (Fsp3) is 0.308. The van der Waals surface area contributed by atoms with Crippen molar-refractivity contribution in [2.45, 2.75) is 39.3 Å². The normalized spacial score (nSPS) is 12.1. The lowest BCUT2D eigenvalue weighted by molar-refractivity contribution is 0.0660. The Morgan fingerprint density at radius 1 is 1.18 bits per heavy atom. The fourth-order valence-corrected chi connectivity index (χ4v) is 4.33. The van der Waals surface area contributed by atoms with Crippen molar-refractivity contribution in [2.75, 3.05) is 13.1 Å². The lowest BCUT2D eigenvalue weighted by Gasteiger charge is -2.33. The minimum atomic E-state index is -0.363. The van der Waals surface area contributed by atoms with E-state index in [0.29, 0.717) is 60.4 Å². The van der Waals surface area contributed by atoms with E-state index in [1.165, 1.54) is 0 Å². The zero-order chi connectivity index (χ0) is 24.1. The summed E-state index contributed by atoms with van der Waals surface area (Å²) in [5.74, 6) is -0.129. The molecule has 1 atom stereocenters.